The molecule has 0 spiro atoms. The van der Waals surface area contributed by atoms with Crippen LogP contribution < -0.4 is 5.32 Å². The van der Waals surface area contributed by atoms with Crippen molar-refractivity contribution in [1.29, 1.82) is 0 Å². The van der Waals surface area contributed by atoms with Gasteiger partial charge in [0, 0.05) is 42.8 Å². The van der Waals surface area contributed by atoms with Crippen molar-refractivity contribution < 1.29 is 5.11 Å². The summed E-state index contributed by atoms with van der Waals surface area (Å²) in [4.78, 5) is 4.22. The molecule has 5 heteroatoms. The van der Waals surface area contributed by atoms with Crippen LogP contribution in [0.2, 0.25) is 0 Å². The molecule has 2 N–H and O–H groups in total. The second-order valence-electron chi connectivity index (χ2n) is 6.71. The Morgan fingerprint density at radius 3 is 2.64 bits per heavy atom. The van der Waals surface area contributed by atoms with Crippen LogP contribution in [-0.2, 0) is 6.54 Å². The van der Waals surface area contributed by atoms with E-state index >= 15 is 0 Å². The molecular formula is C20H22N4O. The number of aliphatic hydroxyl groups is 1. The van der Waals surface area contributed by atoms with Crippen molar-refractivity contribution >= 4 is 0 Å². The third-order valence-electron chi connectivity index (χ3n) is 4.80. The van der Waals surface area contributed by atoms with Crippen molar-refractivity contribution in [1.82, 2.24) is 20.1 Å². The topological polar surface area (TPSA) is 63.0 Å². The first-order chi connectivity index (χ1) is 12.2. The summed E-state index contributed by atoms with van der Waals surface area (Å²) in [5.74, 6) is 0. The number of para-hydroxylation sites is 1. The minimum atomic E-state index is -0.524. The number of pyridine rings is 1. The summed E-state index contributed by atoms with van der Waals surface area (Å²) in [5, 5.41) is 18.4. The molecule has 0 atom stereocenters. The quantitative estimate of drug-likeness (QED) is 0.727. The summed E-state index contributed by atoms with van der Waals surface area (Å²) in [6.45, 7) is 1.29. The average molecular weight is 334 g/mol. The molecule has 0 aliphatic heterocycles. The van der Waals surface area contributed by atoms with Crippen LogP contribution in [0, 0.1) is 0 Å². The molecule has 5 nitrogen and oxygen atoms in total. The van der Waals surface area contributed by atoms with Gasteiger partial charge in [0.15, 0.2) is 0 Å². The van der Waals surface area contributed by atoms with Crippen molar-refractivity contribution in [3.63, 3.8) is 0 Å². The Morgan fingerprint density at radius 1 is 1.12 bits per heavy atom. The minimum Gasteiger partial charge on any atom is -0.389 e. The molecular weight excluding hydrogens is 312 g/mol. The van der Waals surface area contributed by atoms with E-state index in [-0.39, 0.29) is 0 Å². The lowest BCUT2D eigenvalue weighted by molar-refractivity contribution is -0.0314. The smallest absolute Gasteiger partial charge is 0.0988 e. The zero-order valence-corrected chi connectivity index (χ0v) is 14.1. The Hall–Kier alpha value is -2.50. The van der Waals surface area contributed by atoms with Gasteiger partial charge in [-0.1, -0.05) is 18.2 Å². The molecule has 4 rings (SSSR count). The molecule has 0 radical (unpaired) electrons. The molecule has 0 unspecified atom stereocenters. The highest BCUT2D eigenvalue weighted by atomic mass is 16.3. The van der Waals surface area contributed by atoms with Gasteiger partial charge in [-0.3, -0.25) is 4.98 Å². The molecule has 2 heterocycles. The van der Waals surface area contributed by atoms with Crippen molar-refractivity contribution in [2.24, 2.45) is 0 Å². The predicted molar refractivity (Wildman–Crippen MR) is 97.3 cm³/mol. The summed E-state index contributed by atoms with van der Waals surface area (Å²) in [5.41, 5.74) is 3.52. The molecule has 3 aromatic rings. The van der Waals surface area contributed by atoms with Gasteiger partial charge < -0.3 is 10.4 Å². The number of rotatable bonds is 6. The van der Waals surface area contributed by atoms with Crippen LogP contribution in [0.15, 0.2) is 61.1 Å². The van der Waals surface area contributed by atoms with E-state index in [9.17, 15) is 5.11 Å². The van der Waals surface area contributed by atoms with Gasteiger partial charge in [0.1, 0.15) is 0 Å². The van der Waals surface area contributed by atoms with Crippen LogP contribution in [-0.4, -0.2) is 32.0 Å². The molecule has 2 aromatic heterocycles. The van der Waals surface area contributed by atoms with Crippen molar-refractivity contribution in [2.75, 3.05) is 6.54 Å². The second-order valence-corrected chi connectivity index (χ2v) is 6.71. The number of benzene rings is 1. The predicted octanol–water partition coefficient (Wildman–Crippen LogP) is 2.94. The van der Waals surface area contributed by atoms with Gasteiger partial charge in [-0.2, -0.15) is 5.10 Å². The maximum absolute atomic E-state index is 10.3. The maximum atomic E-state index is 10.3. The molecule has 0 saturated heterocycles. The second kappa shape index (κ2) is 6.78. The molecule has 1 saturated carbocycles. The van der Waals surface area contributed by atoms with E-state index in [1.54, 1.807) is 6.20 Å². The van der Waals surface area contributed by atoms with Crippen molar-refractivity contribution in [3.8, 4) is 16.9 Å². The first-order valence-corrected chi connectivity index (χ1v) is 8.71. The van der Waals surface area contributed by atoms with Crippen molar-refractivity contribution in [2.45, 2.75) is 31.4 Å². The van der Waals surface area contributed by atoms with Crippen LogP contribution in [0.5, 0.6) is 0 Å². The molecule has 128 valence electrons. The molecule has 1 aromatic carbocycles. The number of aromatic nitrogens is 3. The highest BCUT2D eigenvalue weighted by Gasteiger charge is 2.33. The standard InChI is InChI=1S/C20H22N4O/c25-20(9-5-10-20)15-22-13-17-14-24(18-7-2-1-3-8-18)23-19(17)16-6-4-11-21-12-16/h1-4,6-8,11-12,14,22,25H,5,9-10,13,15H2. The summed E-state index contributed by atoms with van der Waals surface area (Å²) >= 11 is 0. The first-order valence-electron chi connectivity index (χ1n) is 8.71. The van der Waals surface area contributed by atoms with Crippen LogP contribution in [0.3, 0.4) is 0 Å². The zero-order chi connectivity index (χ0) is 17.1. The molecule has 1 fully saturated rings. The van der Waals surface area contributed by atoms with E-state index in [4.69, 9.17) is 5.10 Å². The SMILES string of the molecule is OC1(CNCc2cn(-c3ccccc3)nc2-c2cccnc2)CCC1. The molecule has 25 heavy (non-hydrogen) atoms. The summed E-state index contributed by atoms with van der Waals surface area (Å²) in [7, 11) is 0. The van der Waals surface area contributed by atoms with E-state index in [2.05, 4.69) is 16.5 Å². The monoisotopic (exact) mass is 334 g/mol. The number of hydrogen-bond acceptors (Lipinski definition) is 4. The third kappa shape index (κ3) is 3.48. The Balaban J connectivity index is 1.60. The highest BCUT2D eigenvalue weighted by Crippen LogP contribution is 2.31. The number of hydrogen-bond donors (Lipinski definition) is 2. The maximum Gasteiger partial charge on any atom is 0.0988 e. The van der Waals surface area contributed by atoms with Gasteiger partial charge in [-0.05, 0) is 43.5 Å². The number of nitrogens with one attached hydrogen (secondary N) is 1. The fraction of sp³-hybridized carbons (Fsp3) is 0.300. The lowest BCUT2D eigenvalue weighted by atomic mass is 9.80. The van der Waals surface area contributed by atoms with Gasteiger partial charge in [-0.15, -0.1) is 0 Å². The van der Waals surface area contributed by atoms with Gasteiger partial charge >= 0.3 is 0 Å². The lowest BCUT2D eigenvalue weighted by Crippen LogP contribution is -2.45. The summed E-state index contributed by atoms with van der Waals surface area (Å²) in [6.07, 6.45) is 8.54. The molecule has 0 bridgehead atoms. The Labute approximate surface area is 147 Å². The normalized spacial score (nSPS) is 15.7. The molecule has 1 aliphatic carbocycles. The molecule has 0 amide bonds. The first kappa shape index (κ1) is 16.0. The minimum absolute atomic E-state index is 0.524. The lowest BCUT2D eigenvalue weighted by Gasteiger charge is -2.36. The zero-order valence-electron chi connectivity index (χ0n) is 14.1. The van der Waals surface area contributed by atoms with Crippen LogP contribution in [0.25, 0.3) is 16.9 Å². The number of nitrogens with zero attached hydrogens (tertiary/aromatic N) is 3. The van der Waals surface area contributed by atoms with E-state index < -0.39 is 5.60 Å². The van der Waals surface area contributed by atoms with Crippen LogP contribution in [0.4, 0.5) is 0 Å². The Kier molecular flexibility index (Phi) is 4.34. The van der Waals surface area contributed by atoms with E-state index in [1.165, 1.54) is 0 Å². The van der Waals surface area contributed by atoms with Crippen LogP contribution >= 0.6 is 0 Å². The Morgan fingerprint density at radius 2 is 1.96 bits per heavy atom. The van der Waals surface area contributed by atoms with Gasteiger partial charge in [0.25, 0.3) is 0 Å². The third-order valence-corrected chi connectivity index (χ3v) is 4.80. The van der Waals surface area contributed by atoms with E-state index in [0.717, 1.165) is 41.8 Å². The van der Waals surface area contributed by atoms with Crippen molar-refractivity contribution in [3.05, 3.63) is 66.6 Å². The van der Waals surface area contributed by atoms with Gasteiger partial charge in [0.05, 0.1) is 17.0 Å². The van der Waals surface area contributed by atoms with Gasteiger partial charge in [0.2, 0.25) is 0 Å². The summed E-state index contributed by atoms with van der Waals surface area (Å²) in [6, 6.07) is 14.0. The van der Waals surface area contributed by atoms with Crippen LogP contribution in [0.1, 0.15) is 24.8 Å². The van der Waals surface area contributed by atoms with E-state index in [1.807, 2.05) is 53.3 Å². The van der Waals surface area contributed by atoms with Gasteiger partial charge in [-0.25, -0.2) is 4.68 Å². The fourth-order valence-electron chi connectivity index (χ4n) is 3.19. The Bertz CT molecular complexity index is 825. The largest absolute Gasteiger partial charge is 0.389 e. The fourth-order valence-corrected chi connectivity index (χ4v) is 3.19. The highest BCUT2D eigenvalue weighted by molar-refractivity contribution is 5.62. The summed E-state index contributed by atoms with van der Waals surface area (Å²) < 4.78 is 1.90. The average Bonchev–Trinajstić information content (AvgIpc) is 3.06. The van der Waals surface area contributed by atoms with E-state index in [0.29, 0.717) is 13.1 Å². The molecule has 1 aliphatic rings.